The molecule has 1 saturated heterocycles. The highest BCUT2D eigenvalue weighted by Gasteiger charge is 2.16. The maximum absolute atomic E-state index is 5.65. The smallest absolute Gasteiger partial charge is 0.179 e. The minimum absolute atomic E-state index is 0.390. The molecule has 0 spiro atoms. The van der Waals surface area contributed by atoms with Crippen molar-refractivity contribution < 1.29 is 4.74 Å². The number of H-pyrrole nitrogens is 1. The van der Waals surface area contributed by atoms with Gasteiger partial charge in [-0.05, 0) is 50.0 Å². The Morgan fingerprint density at radius 3 is 3.28 bits per heavy atom. The van der Waals surface area contributed by atoms with Crippen LogP contribution in [-0.4, -0.2) is 27.2 Å². The Balaban J connectivity index is 1.89. The minimum Gasteiger partial charge on any atom is -0.378 e. The van der Waals surface area contributed by atoms with Crippen molar-refractivity contribution in [3.63, 3.8) is 0 Å². The first kappa shape index (κ1) is 11.9. The lowest BCUT2D eigenvalue weighted by atomic mass is 10.2. The van der Waals surface area contributed by atoms with E-state index in [0.29, 0.717) is 6.10 Å². The molecule has 1 atom stereocenters. The minimum atomic E-state index is 0.390. The molecule has 1 unspecified atom stereocenters. The zero-order chi connectivity index (χ0) is 12.5. The normalized spacial score (nSPS) is 19.7. The first-order valence-electron chi connectivity index (χ1n) is 6.41. The highest BCUT2D eigenvalue weighted by atomic mass is 32.1. The van der Waals surface area contributed by atoms with Crippen LogP contribution < -0.4 is 0 Å². The van der Waals surface area contributed by atoms with E-state index in [4.69, 9.17) is 17.0 Å². The molecule has 2 aromatic heterocycles. The average molecular weight is 263 g/mol. The second kappa shape index (κ2) is 4.82. The number of imidazole rings is 1. The van der Waals surface area contributed by atoms with E-state index in [-0.39, 0.29) is 0 Å². The lowest BCUT2D eigenvalue weighted by molar-refractivity contribution is 0.100. The number of fused-ring (bicyclic) bond motifs is 1. The molecule has 1 aliphatic rings. The maximum Gasteiger partial charge on any atom is 0.179 e. The van der Waals surface area contributed by atoms with Crippen molar-refractivity contribution in [2.24, 2.45) is 0 Å². The van der Waals surface area contributed by atoms with Crippen LogP contribution >= 0.6 is 12.2 Å². The van der Waals surface area contributed by atoms with E-state index in [1.165, 1.54) is 18.4 Å². The van der Waals surface area contributed by atoms with Crippen LogP contribution in [0.25, 0.3) is 11.2 Å². The second-order valence-electron chi connectivity index (χ2n) is 4.83. The molecule has 5 heteroatoms. The molecule has 3 heterocycles. The van der Waals surface area contributed by atoms with E-state index < -0.39 is 0 Å². The first-order chi connectivity index (χ1) is 8.75. The molecule has 4 nitrogen and oxygen atoms in total. The topological polar surface area (TPSA) is 42.8 Å². The van der Waals surface area contributed by atoms with Gasteiger partial charge in [0.05, 0.1) is 11.6 Å². The van der Waals surface area contributed by atoms with Gasteiger partial charge in [-0.1, -0.05) is 0 Å². The fourth-order valence-corrected chi connectivity index (χ4v) is 2.81. The lowest BCUT2D eigenvalue weighted by Gasteiger charge is -2.09. The standard InChI is InChI=1S/C13H17N3OS/c1-9-4-6-14-12-11(9)15-13(18)16(12)7-5-10-3-2-8-17-10/h4,6,10H,2-3,5,7-8H2,1H3,(H,15,18). The fourth-order valence-electron chi connectivity index (χ4n) is 2.53. The van der Waals surface area contributed by atoms with Crippen LogP contribution in [0.4, 0.5) is 0 Å². The van der Waals surface area contributed by atoms with Crippen LogP contribution in [0.2, 0.25) is 0 Å². The van der Waals surface area contributed by atoms with E-state index in [1.807, 2.05) is 12.3 Å². The fraction of sp³-hybridized carbons (Fsp3) is 0.538. The van der Waals surface area contributed by atoms with Crippen LogP contribution in [-0.2, 0) is 11.3 Å². The Bertz CT molecular complexity index is 610. The van der Waals surface area contributed by atoms with Gasteiger partial charge in [0.25, 0.3) is 0 Å². The second-order valence-corrected chi connectivity index (χ2v) is 5.22. The Morgan fingerprint density at radius 1 is 1.61 bits per heavy atom. The predicted octanol–water partition coefficient (Wildman–Crippen LogP) is 2.97. The summed E-state index contributed by atoms with van der Waals surface area (Å²) in [6.07, 6.45) is 5.59. The van der Waals surface area contributed by atoms with E-state index in [0.717, 1.165) is 35.5 Å². The number of ether oxygens (including phenoxy) is 1. The van der Waals surface area contributed by atoms with Crippen molar-refractivity contribution in [1.82, 2.24) is 14.5 Å². The number of hydrogen-bond acceptors (Lipinski definition) is 3. The van der Waals surface area contributed by atoms with Crippen molar-refractivity contribution in [3.05, 3.63) is 22.6 Å². The Labute approximate surface area is 111 Å². The number of nitrogens with zero attached hydrogens (tertiary/aromatic N) is 2. The van der Waals surface area contributed by atoms with Crippen LogP contribution in [0.15, 0.2) is 12.3 Å². The maximum atomic E-state index is 5.65. The molecule has 1 fully saturated rings. The van der Waals surface area contributed by atoms with Gasteiger partial charge in [-0.2, -0.15) is 0 Å². The van der Waals surface area contributed by atoms with E-state index >= 15 is 0 Å². The van der Waals surface area contributed by atoms with Gasteiger partial charge in [-0.25, -0.2) is 4.98 Å². The third-order valence-corrected chi connectivity index (χ3v) is 3.89. The van der Waals surface area contributed by atoms with Crippen LogP contribution in [0.5, 0.6) is 0 Å². The van der Waals surface area contributed by atoms with Crippen molar-refractivity contribution in [1.29, 1.82) is 0 Å². The SMILES string of the molecule is Cc1ccnc2c1[nH]c(=S)n2CCC1CCCO1. The summed E-state index contributed by atoms with van der Waals surface area (Å²) in [7, 11) is 0. The summed E-state index contributed by atoms with van der Waals surface area (Å²) in [5.41, 5.74) is 3.19. The van der Waals surface area contributed by atoms with Gasteiger partial charge >= 0.3 is 0 Å². The number of hydrogen-bond donors (Lipinski definition) is 1. The number of pyridine rings is 1. The van der Waals surface area contributed by atoms with Crippen molar-refractivity contribution in [3.8, 4) is 0 Å². The molecule has 0 saturated carbocycles. The Kier molecular flexibility index (Phi) is 3.18. The zero-order valence-corrected chi connectivity index (χ0v) is 11.3. The molecular formula is C13H17N3OS. The summed E-state index contributed by atoms with van der Waals surface area (Å²) in [6.45, 7) is 3.85. The quantitative estimate of drug-likeness (QED) is 0.866. The molecule has 0 aliphatic carbocycles. The van der Waals surface area contributed by atoms with Crippen molar-refractivity contribution in [2.75, 3.05) is 6.61 Å². The van der Waals surface area contributed by atoms with Gasteiger partial charge in [0.1, 0.15) is 0 Å². The number of aromatic nitrogens is 3. The summed E-state index contributed by atoms with van der Waals surface area (Å²) in [5, 5.41) is 0. The molecule has 1 N–H and O–H groups in total. The summed E-state index contributed by atoms with van der Waals surface area (Å²) in [4.78, 5) is 7.68. The van der Waals surface area contributed by atoms with Gasteiger partial charge in [0.15, 0.2) is 10.4 Å². The average Bonchev–Trinajstić information content (AvgIpc) is 2.95. The number of aryl methyl sites for hydroxylation is 2. The molecule has 0 amide bonds. The van der Waals surface area contributed by atoms with Crippen LogP contribution in [0, 0.1) is 11.7 Å². The van der Waals surface area contributed by atoms with Crippen molar-refractivity contribution in [2.45, 2.75) is 38.8 Å². The van der Waals surface area contributed by atoms with Crippen molar-refractivity contribution >= 4 is 23.4 Å². The predicted molar refractivity (Wildman–Crippen MR) is 73.2 cm³/mol. The summed E-state index contributed by atoms with van der Waals surface area (Å²) < 4.78 is 8.49. The van der Waals surface area contributed by atoms with E-state index in [9.17, 15) is 0 Å². The molecule has 96 valence electrons. The van der Waals surface area contributed by atoms with E-state index in [1.54, 1.807) is 0 Å². The third kappa shape index (κ3) is 2.08. The number of aromatic amines is 1. The number of nitrogens with one attached hydrogen (secondary N) is 1. The van der Waals surface area contributed by atoms with Gasteiger partial charge in [-0.15, -0.1) is 0 Å². The van der Waals surface area contributed by atoms with E-state index in [2.05, 4.69) is 21.5 Å². The molecule has 2 aromatic rings. The lowest BCUT2D eigenvalue weighted by Crippen LogP contribution is -2.10. The Hall–Kier alpha value is -1.20. The van der Waals surface area contributed by atoms with Gasteiger partial charge in [-0.3, -0.25) is 0 Å². The summed E-state index contributed by atoms with van der Waals surface area (Å²) in [5.74, 6) is 0. The highest BCUT2D eigenvalue weighted by molar-refractivity contribution is 7.71. The Morgan fingerprint density at radius 2 is 2.50 bits per heavy atom. The molecule has 0 radical (unpaired) electrons. The molecule has 0 aromatic carbocycles. The highest BCUT2D eigenvalue weighted by Crippen LogP contribution is 2.19. The molecular weight excluding hydrogens is 246 g/mol. The van der Waals surface area contributed by atoms with Gasteiger partial charge < -0.3 is 14.3 Å². The monoisotopic (exact) mass is 263 g/mol. The molecule has 18 heavy (non-hydrogen) atoms. The largest absolute Gasteiger partial charge is 0.378 e. The summed E-state index contributed by atoms with van der Waals surface area (Å²) >= 11 is 5.38. The van der Waals surface area contributed by atoms with Gasteiger partial charge in [0, 0.05) is 19.3 Å². The summed E-state index contributed by atoms with van der Waals surface area (Å²) in [6, 6.07) is 2.00. The number of rotatable bonds is 3. The molecule has 0 bridgehead atoms. The molecule has 1 aliphatic heterocycles. The first-order valence-corrected chi connectivity index (χ1v) is 6.82. The van der Waals surface area contributed by atoms with Gasteiger partial charge in [0.2, 0.25) is 0 Å². The zero-order valence-electron chi connectivity index (χ0n) is 10.5. The van der Waals surface area contributed by atoms with Crippen LogP contribution in [0.3, 0.4) is 0 Å². The van der Waals surface area contributed by atoms with Crippen LogP contribution in [0.1, 0.15) is 24.8 Å². The molecule has 3 rings (SSSR count). The third-order valence-electron chi connectivity index (χ3n) is 3.57.